The molecule has 3 rings (SSSR count). The molecule has 0 fully saturated rings. The average molecular weight is 359 g/mol. The second-order valence-electron chi connectivity index (χ2n) is 5.76. The lowest BCUT2D eigenvalue weighted by Crippen LogP contribution is -2.21. The number of para-hydroxylation sites is 1. The monoisotopic (exact) mass is 359 g/mol. The molecule has 0 aliphatic heterocycles. The standard InChI is InChI=1S/C22H17NO4/c24-14-16-10-12-18(13-11-16)27-15-21(25)23-20-9-5-4-8-19(20)22(26)17-6-2-1-3-7-17/h1-14H,15H2,(H,23,25). The Balaban J connectivity index is 1.67. The summed E-state index contributed by atoms with van der Waals surface area (Å²) in [6.07, 6.45) is 0.733. The Kier molecular flexibility index (Phi) is 5.74. The van der Waals surface area contributed by atoms with Gasteiger partial charge in [0.1, 0.15) is 12.0 Å². The Morgan fingerprint density at radius 3 is 2.22 bits per heavy atom. The maximum Gasteiger partial charge on any atom is 0.262 e. The van der Waals surface area contributed by atoms with Crippen molar-refractivity contribution in [2.45, 2.75) is 0 Å². The molecule has 3 aromatic rings. The first-order valence-corrected chi connectivity index (χ1v) is 8.34. The van der Waals surface area contributed by atoms with Crippen LogP contribution in [0.15, 0.2) is 78.9 Å². The van der Waals surface area contributed by atoms with Crippen molar-refractivity contribution in [3.8, 4) is 5.75 Å². The van der Waals surface area contributed by atoms with Crippen molar-refractivity contribution in [3.05, 3.63) is 95.6 Å². The number of amides is 1. The molecule has 0 saturated heterocycles. The minimum atomic E-state index is -0.386. The van der Waals surface area contributed by atoms with E-state index in [-0.39, 0.29) is 18.3 Å². The number of anilines is 1. The van der Waals surface area contributed by atoms with E-state index in [1.165, 1.54) is 0 Å². The predicted molar refractivity (Wildman–Crippen MR) is 102 cm³/mol. The van der Waals surface area contributed by atoms with Gasteiger partial charge >= 0.3 is 0 Å². The molecule has 0 heterocycles. The zero-order chi connectivity index (χ0) is 19.1. The van der Waals surface area contributed by atoms with Crippen LogP contribution in [0.25, 0.3) is 0 Å². The Labute approximate surface area is 156 Å². The van der Waals surface area contributed by atoms with Crippen LogP contribution < -0.4 is 10.1 Å². The molecule has 1 N–H and O–H groups in total. The van der Waals surface area contributed by atoms with Gasteiger partial charge in [-0.15, -0.1) is 0 Å². The van der Waals surface area contributed by atoms with Gasteiger partial charge in [0, 0.05) is 16.7 Å². The number of hydrogen-bond acceptors (Lipinski definition) is 4. The maximum absolute atomic E-state index is 12.7. The van der Waals surface area contributed by atoms with Crippen LogP contribution in [-0.4, -0.2) is 24.6 Å². The van der Waals surface area contributed by atoms with E-state index in [0.29, 0.717) is 28.1 Å². The third-order valence-electron chi connectivity index (χ3n) is 3.87. The number of rotatable bonds is 7. The SMILES string of the molecule is O=Cc1ccc(OCC(=O)Nc2ccccc2C(=O)c2ccccc2)cc1. The smallest absolute Gasteiger partial charge is 0.262 e. The highest BCUT2D eigenvalue weighted by molar-refractivity contribution is 6.13. The minimum Gasteiger partial charge on any atom is -0.484 e. The van der Waals surface area contributed by atoms with E-state index >= 15 is 0 Å². The van der Waals surface area contributed by atoms with Crippen molar-refractivity contribution in [2.75, 3.05) is 11.9 Å². The summed E-state index contributed by atoms with van der Waals surface area (Å²) in [5.74, 6) is -0.0796. The van der Waals surface area contributed by atoms with Crippen LogP contribution in [0.2, 0.25) is 0 Å². The Morgan fingerprint density at radius 2 is 1.52 bits per heavy atom. The van der Waals surface area contributed by atoms with Crippen molar-refractivity contribution in [1.82, 2.24) is 0 Å². The van der Waals surface area contributed by atoms with Gasteiger partial charge in [-0.2, -0.15) is 0 Å². The van der Waals surface area contributed by atoms with E-state index in [0.717, 1.165) is 6.29 Å². The second kappa shape index (κ2) is 8.58. The van der Waals surface area contributed by atoms with Crippen molar-refractivity contribution in [3.63, 3.8) is 0 Å². The Bertz CT molecular complexity index is 950. The highest BCUT2D eigenvalue weighted by atomic mass is 16.5. The molecule has 134 valence electrons. The van der Waals surface area contributed by atoms with E-state index in [4.69, 9.17) is 4.74 Å². The first-order chi connectivity index (χ1) is 13.2. The van der Waals surface area contributed by atoms with Gasteiger partial charge in [0.05, 0.1) is 5.69 Å². The highest BCUT2D eigenvalue weighted by Gasteiger charge is 2.15. The summed E-state index contributed by atoms with van der Waals surface area (Å²) in [5, 5.41) is 2.71. The van der Waals surface area contributed by atoms with Crippen molar-refractivity contribution < 1.29 is 19.1 Å². The van der Waals surface area contributed by atoms with Crippen LogP contribution in [0.5, 0.6) is 5.75 Å². The van der Waals surface area contributed by atoms with Gasteiger partial charge in [-0.25, -0.2) is 0 Å². The van der Waals surface area contributed by atoms with E-state index < -0.39 is 0 Å². The molecule has 0 unspecified atom stereocenters. The van der Waals surface area contributed by atoms with Crippen LogP contribution in [-0.2, 0) is 4.79 Å². The summed E-state index contributed by atoms with van der Waals surface area (Å²) in [6, 6.07) is 22.2. The van der Waals surface area contributed by atoms with Crippen LogP contribution in [0.1, 0.15) is 26.3 Å². The van der Waals surface area contributed by atoms with Gasteiger partial charge in [-0.3, -0.25) is 14.4 Å². The largest absolute Gasteiger partial charge is 0.484 e. The first kappa shape index (κ1) is 18.1. The van der Waals surface area contributed by atoms with Gasteiger partial charge in [0.15, 0.2) is 12.4 Å². The zero-order valence-electron chi connectivity index (χ0n) is 14.4. The summed E-state index contributed by atoms with van der Waals surface area (Å²) in [4.78, 5) is 35.5. The number of aldehydes is 1. The molecule has 0 bridgehead atoms. The van der Waals surface area contributed by atoms with Crippen LogP contribution in [0.3, 0.4) is 0 Å². The minimum absolute atomic E-state index is 0.170. The summed E-state index contributed by atoms with van der Waals surface area (Å²) < 4.78 is 5.41. The van der Waals surface area contributed by atoms with Crippen LogP contribution in [0.4, 0.5) is 5.69 Å². The van der Waals surface area contributed by atoms with Crippen molar-refractivity contribution in [2.24, 2.45) is 0 Å². The molecule has 3 aromatic carbocycles. The number of benzene rings is 3. The average Bonchev–Trinajstić information content (AvgIpc) is 2.73. The number of carbonyl (C=O) groups excluding carboxylic acids is 3. The Morgan fingerprint density at radius 1 is 0.852 bits per heavy atom. The lowest BCUT2D eigenvalue weighted by Gasteiger charge is -2.11. The van der Waals surface area contributed by atoms with Gasteiger partial charge in [0.25, 0.3) is 5.91 Å². The molecule has 0 radical (unpaired) electrons. The van der Waals surface area contributed by atoms with E-state index in [9.17, 15) is 14.4 Å². The molecule has 0 atom stereocenters. The molecule has 0 aliphatic rings. The van der Waals surface area contributed by atoms with E-state index in [2.05, 4.69) is 5.32 Å². The summed E-state index contributed by atoms with van der Waals surface area (Å²) in [7, 11) is 0. The third kappa shape index (κ3) is 4.67. The lowest BCUT2D eigenvalue weighted by atomic mass is 10.0. The summed E-state index contributed by atoms with van der Waals surface area (Å²) >= 11 is 0. The van der Waals surface area contributed by atoms with Gasteiger partial charge in [-0.1, -0.05) is 42.5 Å². The number of nitrogens with one attached hydrogen (secondary N) is 1. The number of carbonyl (C=O) groups is 3. The lowest BCUT2D eigenvalue weighted by molar-refractivity contribution is -0.118. The number of ether oxygens (including phenoxy) is 1. The number of hydrogen-bond donors (Lipinski definition) is 1. The highest BCUT2D eigenvalue weighted by Crippen LogP contribution is 2.19. The van der Waals surface area contributed by atoms with Crippen LogP contribution in [0, 0.1) is 0 Å². The quantitative estimate of drug-likeness (QED) is 0.515. The molecule has 5 heteroatoms. The number of ketones is 1. The van der Waals surface area contributed by atoms with Gasteiger partial charge < -0.3 is 10.1 Å². The summed E-state index contributed by atoms with van der Waals surface area (Å²) in [6.45, 7) is -0.214. The third-order valence-corrected chi connectivity index (χ3v) is 3.87. The zero-order valence-corrected chi connectivity index (χ0v) is 14.4. The molecule has 0 spiro atoms. The molecular weight excluding hydrogens is 342 g/mol. The van der Waals surface area contributed by atoms with E-state index in [1.54, 1.807) is 72.8 Å². The fourth-order valence-corrected chi connectivity index (χ4v) is 2.51. The van der Waals surface area contributed by atoms with Crippen molar-refractivity contribution in [1.29, 1.82) is 0 Å². The predicted octanol–water partition coefficient (Wildman–Crippen LogP) is 3.75. The fraction of sp³-hybridized carbons (Fsp3) is 0.0455. The molecule has 5 nitrogen and oxygen atoms in total. The van der Waals surface area contributed by atoms with Crippen LogP contribution >= 0.6 is 0 Å². The Hall–Kier alpha value is -3.73. The molecule has 0 aliphatic carbocycles. The van der Waals surface area contributed by atoms with E-state index in [1.807, 2.05) is 6.07 Å². The summed E-state index contributed by atoms with van der Waals surface area (Å²) in [5.41, 5.74) is 1.91. The molecule has 0 aromatic heterocycles. The first-order valence-electron chi connectivity index (χ1n) is 8.34. The van der Waals surface area contributed by atoms with Gasteiger partial charge in [-0.05, 0) is 36.4 Å². The van der Waals surface area contributed by atoms with Crippen molar-refractivity contribution >= 4 is 23.7 Å². The maximum atomic E-state index is 12.7. The topological polar surface area (TPSA) is 72.5 Å². The molecule has 0 saturated carbocycles. The molecule has 1 amide bonds. The second-order valence-corrected chi connectivity index (χ2v) is 5.76. The van der Waals surface area contributed by atoms with Gasteiger partial charge in [0.2, 0.25) is 0 Å². The normalized spacial score (nSPS) is 10.1. The fourth-order valence-electron chi connectivity index (χ4n) is 2.51. The molecular formula is C22H17NO4. The molecule has 27 heavy (non-hydrogen) atoms.